The Balaban J connectivity index is 2.16. The highest BCUT2D eigenvalue weighted by Crippen LogP contribution is 2.30. The Labute approximate surface area is 64.4 Å². The van der Waals surface area contributed by atoms with Crippen LogP contribution in [-0.2, 0) is 0 Å². The van der Waals surface area contributed by atoms with E-state index in [0.29, 0.717) is 5.92 Å². The van der Waals surface area contributed by atoms with Gasteiger partial charge in [-0.1, -0.05) is 11.6 Å². The molecule has 5 nitrogen and oxygen atoms in total. The molecule has 1 fully saturated rings. The topological polar surface area (TPSA) is 80.5 Å². The molecule has 1 heterocycles. The van der Waals surface area contributed by atoms with E-state index in [4.69, 9.17) is 5.73 Å². The van der Waals surface area contributed by atoms with E-state index < -0.39 is 0 Å². The van der Waals surface area contributed by atoms with E-state index in [1.54, 1.807) is 0 Å². The number of hydrogen-bond donors (Lipinski definition) is 2. The Morgan fingerprint density at radius 1 is 1.45 bits per heavy atom. The second kappa shape index (κ2) is 2.58. The monoisotopic (exact) mass is 153 g/mol. The predicted molar refractivity (Wildman–Crippen MR) is 38.7 cm³/mol. The fourth-order valence-corrected chi connectivity index (χ4v) is 1.64. The number of H-pyrrole nitrogens is 1. The first-order valence-electron chi connectivity index (χ1n) is 3.87. The van der Waals surface area contributed by atoms with Crippen molar-refractivity contribution in [2.24, 2.45) is 5.73 Å². The summed E-state index contributed by atoms with van der Waals surface area (Å²) in [6.07, 6.45) is 3.36. The van der Waals surface area contributed by atoms with Gasteiger partial charge >= 0.3 is 0 Å². The van der Waals surface area contributed by atoms with Gasteiger partial charge in [0.1, 0.15) is 0 Å². The van der Waals surface area contributed by atoms with Crippen molar-refractivity contribution in [3.63, 3.8) is 0 Å². The first kappa shape index (κ1) is 6.72. The number of aromatic amines is 1. The lowest BCUT2D eigenvalue weighted by Crippen LogP contribution is -2.23. The first-order valence-corrected chi connectivity index (χ1v) is 3.87. The number of nitrogens with two attached hydrogens (primary N) is 1. The van der Waals surface area contributed by atoms with Crippen LogP contribution in [0.5, 0.6) is 0 Å². The lowest BCUT2D eigenvalue weighted by Gasteiger charge is -2.08. The molecule has 1 aromatic heterocycles. The van der Waals surface area contributed by atoms with Gasteiger partial charge in [-0.25, -0.2) is 0 Å². The number of aromatic nitrogens is 4. The van der Waals surface area contributed by atoms with Crippen molar-refractivity contribution >= 4 is 0 Å². The summed E-state index contributed by atoms with van der Waals surface area (Å²) in [6, 6.07) is 0.229. The summed E-state index contributed by atoms with van der Waals surface area (Å²) in [4.78, 5) is 0. The zero-order valence-electron chi connectivity index (χ0n) is 6.20. The summed E-state index contributed by atoms with van der Waals surface area (Å²) in [7, 11) is 0. The normalized spacial score (nSPS) is 31.0. The van der Waals surface area contributed by atoms with Crippen LogP contribution in [0.4, 0.5) is 0 Å². The number of nitrogens with zero attached hydrogens (tertiary/aromatic N) is 3. The second-order valence-electron chi connectivity index (χ2n) is 2.97. The van der Waals surface area contributed by atoms with Crippen LogP contribution in [0.25, 0.3) is 0 Å². The van der Waals surface area contributed by atoms with Crippen LogP contribution >= 0.6 is 0 Å². The van der Waals surface area contributed by atoms with Crippen molar-refractivity contribution in [1.82, 2.24) is 20.6 Å². The van der Waals surface area contributed by atoms with Crippen LogP contribution in [0.15, 0.2) is 0 Å². The highest BCUT2D eigenvalue weighted by atomic mass is 15.5. The molecule has 0 radical (unpaired) electrons. The molecule has 1 aromatic rings. The van der Waals surface area contributed by atoms with Crippen molar-refractivity contribution in [1.29, 1.82) is 0 Å². The molecule has 1 aliphatic rings. The van der Waals surface area contributed by atoms with Crippen molar-refractivity contribution in [2.45, 2.75) is 31.2 Å². The van der Waals surface area contributed by atoms with E-state index in [-0.39, 0.29) is 6.04 Å². The van der Waals surface area contributed by atoms with E-state index >= 15 is 0 Å². The SMILES string of the molecule is NC1CCCC1c1nn[nH]n1. The molecule has 1 aliphatic carbocycles. The lowest BCUT2D eigenvalue weighted by molar-refractivity contribution is 0.582. The van der Waals surface area contributed by atoms with Crippen molar-refractivity contribution in [3.05, 3.63) is 5.82 Å². The summed E-state index contributed by atoms with van der Waals surface area (Å²) >= 11 is 0. The standard InChI is InChI=1S/C6H11N5/c7-5-3-1-2-4(5)6-8-10-11-9-6/h4-5H,1-3,7H2,(H,8,9,10,11). The molecule has 2 unspecified atom stereocenters. The predicted octanol–water partition coefficient (Wildman–Crippen LogP) is -0.206. The number of rotatable bonds is 1. The summed E-state index contributed by atoms with van der Waals surface area (Å²) < 4.78 is 0. The van der Waals surface area contributed by atoms with Crippen LogP contribution in [0, 0.1) is 0 Å². The van der Waals surface area contributed by atoms with Crippen molar-refractivity contribution in [3.8, 4) is 0 Å². The molecule has 0 spiro atoms. The Bertz CT molecular complexity index is 219. The van der Waals surface area contributed by atoms with Gasteiger partial charge in [-0.15, -0.1) is 10.2 Å². The highest BCUT2D eigenvalue weighted by molar-refractivity contribution is 5.00. The quantitative estimate of drug-likeness (QED) is 0.585. The molecular formula is C6H11N5. The Morgan fingerprint density at radius 3 is 2.91 bits per heavy atom. The zero-order valence-corrected chi connectivity index (χ0v) is 6.20. The summed E-state index contributed by atoms with van der Waals surface area (Å²) in [5, 5.41) is 13.8. The zero-order chi connectivity index (χ0) is 7.68. The van der Waals surface area contributed by atoms with E-state index in [9.17, 15) is 0 Å². The third-order valence-corrected chi connectivity index (χ3v) is 2.26. The molecule has 11 heavy (non-hydrogen) atoms. The second-order valence-corrected chi connectivity index (χ2v) is 2.97. The minimum Gasteiger partial charge on any atom is -0.327 e. The van der Waals surface area contributed by atoms with Gasteiger partial charge in [0.25, 0.3) is 0 Å². The summed E-state index contributed by atoms with van der Waals surface area (Å²) in [6.45, 7) is 0. The lowest BCUT2D eigenvalue weighted by atomic mass is 10.0. The highest BCUT2D eigenvalue weighted by Gasteiger charge is 2.28. The molecular weight excluding hydrogens is 142 g/mol. The molecule has 0 amide bonds. The van der Waals surface area contributed by atoms with Crippen LogP contribution < -0.4 is 5.73 Å². The average Bonchev–Trinajstić information content (AvgIpc) is 2.55. The smallest absolute Gasteiger partial charge is 0.179 e. The molecule has 0 saturated heterocycles. The van der Waals surface area contributed by atoms with Gasteiger partial charge in [-0.05, 0) is 12.8 Å². The van der Waals surface area contributed by atoms with Crippen LogP contribution in [0.1, 0.15) is 31.0 Å². The van der Waals surface area contributed by atoms with Crippen LogP contribution in [0.2, 0.25) is 0 Å². The maximum Gasteiger partial charge on any atom is 0.179 e. The largest absolute Gasteiger partial charge is 0.327 e. The van der Waals surface area contributed by atoms with E-state index in [2.05, 4.69) is 20.6 Å². The molecule has 5 heteroatoms. The average molecular weight is 153 g/mol. The minimum absolute atomic E-state index is 0.229. The molecule has 60 valence electrons. The fourth-order valence-electron chi connectivity index (χ4n) is 1.64. The molecule has 2 rings (SSSR count). The van der Waals surface area contributed by atoms with Gasteiger partial charge in [0, 0.05) is 12.0 Å². The summed E-state index contributed by atoms with van der Waals surface area (Å²) in [5.41, 5.74) is 5.85. The van der Waals surface area contributed by atoms with Gasteiger partial charge in [0.05, 0.1) is 0 Å². The maximum atomic E-state index is 5.85. The third-order valence-electron chi connectivity index (χ3n) is 2.26. The van der Waals surface area contributed by atoms with Crippen molar-refractivity contribution < 1.29 is 0 Å². The Morgan fingerprint density at radius 2 is 2.36 bits per heavy atom. The summed E-state index contributed by atoms with van der Waals surface area (Å²) in [5.74, 6) is 1.10. The number of hydrogen-bond acceptors (Lipinski definition) is 4. The van der Waals surface area contributed by atoms with Gasteiger partial charge in [-0.2, -0.15) is 5.21 Å². The van der Waals surface area contributed by atoms with Gasteiger partial charge in [0.15, 0.2) is 5.82 Å². The molecule has 2 atom stereocenters. The fraction of sp³-hybridized carbons (Fsp3) is 0.833. The van der Waals surface area contributed by atoms with Crippen LogP contribution in [-0.4, -0.2) is 26.7 Å². The first-order chi connectivity index (χ1) is 5.38. The van der Waals surface area contributed by atoms with Crippen LogP contribution in [0.3, 0.4) is 0 Å². The van der Waals surface area contributed by atoms with E-state index in [1.165, 1.54) is 6.42 Å². The molecule has 0 aliphatic heterocycles. The Hall–Kier alpha value is -0.970. The molecule has 0 bridgehead atoms. The van der Waals surface area contributed by atoms with E-state index in [1.807, 2.05) is 0 Å². The third kappa shape index (κ3) is 1.11. The van der Waals surface area contributed by atoms with Gasteiger partial charge in [0.2, 0.25) is 0 Å². The molecule has 3 N–H and O–H groups in total. The number of nitrogens with one attached hydrogen (secondary N) is 1. The van der Waals surface area contributed by atoms with Gasteiger partial charge < -0.3 is 5.73 Å². The Kier molecular flexibility index (Phi) is 1.58. The van der Waals surface area contributed by atoms with Crippen molar-refractivity contribution in [2.75, 3.05) is 0 Å². The molecule has 1 saturated carbocycles. The van der Waals surface area contributed by atoms with Gasteiger partial charge in [-0.3, -0.25) is 0 Å². The minimum atomic E-state index is 0.229. The maximum absolute atomic E-state index is 5.85. The molecule has 0 aromatic carbocycles. The van der Waals surface area contributed by atoms with E-state index in [0.717, 1.165) is 18.7 Å². The number of tetrazole rings is 1.